The summed E-state index contributed by atoms with van der Waals surface area (Å²) >= 11 is 3.41. The van der Waals surface area contributed by atoms with Gasteiger partial charge in [0.15, 0.2) is 11.5 Å². The molecule has 0 bridgehead atoms. The second-order valence-electron chi connectivity index (χ2n) is 7.48. The van der Waals surface area contributed by atoms with Crippen LogP contribution in [0.1, 0.15) is 31.4 Å². The summed E-state index contributed by atoms with van der Waals surface area (Å²) in [6, 6.07) is 12.2. The minimum Gasteiger partial charge on any atom is -0.493 e. The maximum atomic E-state index is 13.0. The first kappa shape index (κ1) is 23.6. The second-order valence-corrected chi connectivity index (χ2v) is 10.3. The number of ether oxygens (including phenoxy) is 2. The number of methoxy groups -OCH3 is 2. The van der Waals surface area contributed by atoms with Gasteiger partial charge in [-0.25, -0.2) is 8.42 Å². The number of benzene rings is 2. The van der Waals surface area contributed by atoms with Gasteiger partial charge in [0.1, 0.15) is 0 Å². The van der Waals surface area contributed by atoms with E-state index in [9.17, 15) is 13.2 Å². The summed E-state index contributed by atoms with van der Waals surface area (Å²) in [4.78, 5) is 12.9. The minimum atomic E-state index is -3.68. The summed E-state index contributed by atoms with van der Waals surface area (Å²) in [6.45, 7) is 2.53. The highest BCUT2D eigenvalue weighted by Gasteiger charge is 2.33. The number of rotatable bonds is 7. The number of carbonyl (C=O) groups is 1. The van der Waals surface area contributed by atoms with Crippen LogP contribution in [0.25, 0.3) is 0 Å². The molecule has 2 aromatic carbocycles. The lowest BCUT2D eigenvalue weighted by Gasteiger charge is -2.31. The molecule has 7 nitrogen and oxygen atoms in total. The zero-order chi connectivity index (χ0) is 22.6. The van der Waals surface area contributed by atoms with E-state index in [1.54, 1.807) is 6.07 Å². The Hall–Kier alpha value is -2.10. The van der Waals surface area contributed by atoms with Crippen LogP contribution >= 0.6 is 15.9 Å². The van der Waals surface area contributed by atoms with Gasteiger partial charge in [-0.2, -0.15) is 4.31 Å². The average molecular weight is 511 g/mol. The maximum Gasteiger partial charge on any atom is 0.243 e. The molecule has 1 amide bonds. The van der Waals surface area contributed by atoms with Gasteiger partial charge in [-0.05, 0) is 49.6 Å². The van der Waals surface area contributed by atoms with Crippen LogP contribution in [0.3, 0.4) is 0 Å². The summed E-state index contributed by atoms with van der Waals surface area (Å²) in [5, 5.41) is 3.05. The van der Waals surface area contributed by atoms with Crippen molar-refractivity contribution in [3.63, 3.8) is 0 Å². The quantitative estimate of drug-likeness (QED) is 0.613. The molecule has 0 aliphatic carbocycles. The third-order valence-electron chi connectivity index (χ3n) is 5.55. The molecular formula is C22H27BrN2O5S. The smallest absolute Gasteiger partial charge is 0.243 e. The van der Waals surface area contributed by atoms with E-state index in [0.717, 1.165) is 10.0 Å². The van der Waals surface area contributed by atoms with Gasteiger partial charge in [-0.3, -0.25) is 4.79 Å². The molecule has 1 N–H and O–H groups in total. The minimum absolute atomic E-state index is 0.0430. The van der Waals surface area contributed by atoms with Gasteiger partial charge >= 0.3 is 0 Å². The Morgan fingerprint density at radius 2 is 1.68 bits per heavy atom. The Bertz CT molecular complexity index is 1020. The number of nitrogens with zero attached hydrogens (tertiary/aromatic N) is 1. The van der Waals surface area contributed by atoms with E-state index < -0.39 is 10.0 Å². The van der Waals surface area contributed by atoms with E-state index in [1.165, 1.54) is 30.7 Å². The summed E-state index contributed by atoms with van der Waals surface area (Å²) < 4.78 is 38.9. The molecule has 0 spiro atoms. The number of piperidine rings is 1. The molecule has 3 rings (SSSR count). The normalized spacial score (nSPS) is 16.5. The SMILES string of the molecule is COc1ccc(S(=O)(=O)N2CCC(C(=O)N[C@@H](C)c3ccc(Br)cc3)CC2)cc1OC. The second kappa shape index (κ2) is 10.0. The molecule has 2 aromatic rings. The molecule has 1 heterocycles. The van der Waals surface area contributed by atoms with Crippen molar-refractivity contribution >= 4 is 31.9 Å². The highest BCUT2D eigenvalue weighted by molar-refractivity contribution is 9.10. The van der Waals surface area contributed by atoms with Gasteiger partial charge in [0.25, 0.3) is 0 Å². The fraction of sp³-hybridized carbons (Fsp3) is 0.409. The van der Waals surface area contributed by atoms with Crippen LogP contribution in [0.4, 0.5) is 0 Å². The first-order valence-corrected chi connectivity index (χ1v) is 12.3. The average Bonchev–Trinajstić information content (AvgIpc) is 2.78. The van der Waals surface area contributed by atoms with Crippen molar-refractivity contribution < 1.29 is 22.7 Å². The van der Waals surface area contributed by atoms with Gasteiger partial charge in [0.2, 0.25) is 15.9 Å². The van der Waals surface area contributed by atoms with Crippen molar-refractivity contribution in [1.29, 1.82) is 0 Å². The lowest BCUT2D eigenvalue weighted by atomic mass is 9.96. The fourth-order valence-electron chi connectivity index (χ4n) is 3.65. The van der Waals surface area contributed by atoms with E-state index in [2.05, 4.69) is 21.2 Å². The number of hydrogen-bond acceptors (Lipinski definition) is 5. The van der Waals surface area contributed by atoms with Crippen molar-refractivity contribution in [2.24, 2.45) is 5.92 Å². The van der Waals surface area contributed by atoms with Crippen molar-refractivity contribution in [3.8, 4) is 11.5 Å². The number of amides is 1. The third-order valence-corrected chi connectivity index (χ3v) is 7.97. The molecule has 0 radical (unpaired) electrons. The van der Waals surface area contributed by atoms with Crippen LogP contribution in [0.5, 0.6) is 11.5 Å². The predicted molar refractivity (Wildman–Crippen MR) is 122 cm³/mol. The van der Waals surface area contributed by atoms with Crippen LogP contribution in [0.15, 0.2) is 51.8 Å². The number of hydrogen-bond donors (Lipinski definition) is 1. The Morgan fingerprint density at radius 3 is 2.26 bits per heavy atom. The van der Waals surface area contributed by atoms with Crippen molar-refractivity contribution in [2.75, 3.05) is 27.3 Å². The van der Waals surface area contributed by atoms with Gasteiger partial charge < -0.3 is 14.8 Å². The van der Waals surface area contributed by atoms with E-state index in [-0.39, 0.29) is 22.8 Å². The van der Waals surface area contributed by atoms with Crippen molar-refractivity contribution in [1.82, 2.24) is 9.62 Å². The largest absolute Gasteiger partial charge is 0.493 e. The topological polar surface area (TPSA) is 84.9 Å². The van der Waals surface area contributed by atoms with Crippen molar-refractivity contribution in [3.05, 3.63) is 52.5 Å². The highest BCUT2D eigenvalue weighted by Crippen LogP contribution is 2.32. The lowest BCUT2D eigenvalue weighted by molar-refractivity contribution is -0.126. The monoisotopic (exact) mass is 510 g/mol. The van der Waals surface area contributed by atoms with Gasteiger partial charge in [0.05, 0.1) is 25.2 Å². The summed E-state index contributed by atoms with van der Waals surface area (Å²) in [7, 11) is -0.712. The van der Waals surface area contributed by atoms with Gasteiger partial charge in [-0.1, -0.05) is 28.1 Å². The first-order chi connectivity index (χ1) is 14.8. The Labute approximate surface area is 191 Å². The van der Waals surface area contributed by atoms with Gasteiger partial charge in [0, 0.05) is 29.5 Å². The van der Waals surface area contributed by atoms with Crippen LogP contribution in [0, 0.1) is 5.92 Å². The maximum absolute atomic E-state index is 13.0. The van der Waals surface area contributed by atoms with E-state index in [0.29, 0.717) is 37.4 Å². The summed E-state index contributed by atoms with van der Waals surface area (Å²) in [5.74, 6) is 0.574. The van der Waals surface area contributed by atoms with Crippen molar-refractivity contribution in [2.45, 2.75) is 30.7 Å². The molecule has 168 valence electrons. The van der Waals surface area contributed by atoms with E-state index in [4.69, 9.17) is 9.47 Å². The molecular weight excluding hydrogens is 484 g/mol. The highest BCUT2D eigenvalue weighted by atomic mass is 79.9. The molecule has 0 saturated carbocycles. The Morgan fingerprint density at radius 1 is 1.06 bits per heavy atom. The summed E-state index contributed by atoms with van der Waals surface area (Å²) in [5.41, 5.74) is 1.02. The first-order valence-electron chi connectivity index (χ1n) is 10.0. The van der Waals surface area contributed by atoms with Crippen LogP contribution in [-0.2, 0) is 14.8 Å². The van der Waals surface area contributed by atoms with E-state index in [1.807, 2.05) is 31.2 Å². The predicted octanol–water partition coefficient (Wildman–Crippen LogP) is 3.74. The van der Waals surface area contributed by atoms with Crippen LogP contribution in [0.2, 0.25) is 0 Å². The molecule has 1 aliphatic rings. The van der Waals surface area contributed by atoms with Crippen LogP contribution in [-0.4, -0.2) is 45.9 Å². The molecule has 31 heavy (non-hydrogen) atoms. The lowest BCUT2D eigenvalue weighted by Crippen LogP contribution is -2.43. The third kappa shape index (κ3) is 5.39. The number of carbonyl (C=O) groups excluding carboxylic acids is 1. The Kier molecular flexibility index (Phi) is 7.61. The molecule has 0 aromatic heterocycles. The number of halogens is 1. The molecule has 0 unspecified atom stereocenters. The van der Waals surface area contributed by atoms with Crippen LogP contribution < -0.4 is 14.8 Å². The molecule has 1 aliphatic heterocycles. The zero-order valence-electron chi connectivity index (χ0n) is 17.8. The number of nitrogens with one attached hydrogen (secondary N) is 1. The van der Waals surface area contributed by atoms with Gasteiger partial charge in [-0.15, -0.1) is 0 Å². The molecule has 1 atom stereocenters. The molecule has 1 fully saturated rings. The molecule has 1 saturated heterocycles. The molecule has 9 heteroatoms. The Balaban J connectivity index is 1.61. The zero-order valence-corrected chi connectivity index (χ0v) is 20.2. The van der Waals surface area contributed by atoms with E-state index >= 15 is 0 Å². The summed E-state index contributed by atoms with van der Waals surface area (Å²) in [6.07, 6.45) is 0.955. The standard InChI is InChI=1S/C22H27BrN2O5S/c1-15(16-4-6-18(23)7-5-16)24-22(26)17-10-12-25(13-11-17)31(27,28)19-8-9-20(29-2)21(14-19)30-3/h4-9,14-15,17H,10-13H2,1-3H3,(H,24,26)/t15-/m0/s1. The fourth-order valence-corrected chi connectivity index (χ4v) is 5.40. The number of sulfonamides is 1.